The van der Waals surface area contributed by atoms with Crippen LogP contribution >= 0.6 is 0 Å². The van der Waals surface area contributed by atoms with Gasteiger partial charge in [-0.1, -0.05) is 152 Å². The average molecular weight is 614 g/mol. The number of para-hydroxylation sites is 1. The second-order valence-electron chi connectivity index (χ2n) is 12.3. The van der Waals surface area contributed by atoms with Crippen LogP contribution < -0.4 is 4.74 Å². The van der Waals surface area contributed by atoms with Crippen LogP contribution in [0.2, 0.25) is 0 Å². The lowest BCUT2D eigenvalue weighted by molar-refractivity contribution is 0.438. The number of ether oxygens (including phenoxy) is 1. The summed E-state index contributed by atoms with van der Waals surface area (Å²) in [5.41, 5.74) is 9.28. The van der Waals surface area contributed by atoms with Gasteiger partial charge < -0.3 is 4.74 Å². The molecule has 0 bridgehead atoms. The first-order valence-electron chi connectivity index (χ1n) is 16.2. The third kappa shape index (κ3) is 3.74. The highest BCUT2D eigenvalue weighted by Crippen LogP contribution is 2.63. The second-order valence-corrected chi connectivity index (χ2v) is 12.3. The lowest BCUT2D eigenvalue weighted by Gasteiger charge is -2.40. The van der Waals surface area contributed by atoms with E-state index < -0.39 is 5.41 Å². The van der Waals surface area contributed by atoms with Crippen LogP contribution in [0.3, 0.4) is 0 Å². The Hall–Kier alpha value is -6.39. The molecule has 0 saturated carbocycles. The minimum Gasteiger partial charge on any atom is -0.456 e. The largest absolute Gasteiger partial charge is 0.456 e. The van der Waals surface area contributed by atoms with Crippen LogP contribution in [0, 0.1) is 0 Å². The van der Waals surface area contributed by atoms with Crippen molar-refractivity contribution in [3.63, 3.8) is 0 Å². The molecular weight excluding hydrogens is 587 g/mol. The van der Waals surface area contributed by atoms with Crippen LogP contribution in [0.15, 0.2) is 164 Å². The highest BCUT2D eigenvalue weighted by Gasteiger charge is 2.51. The molecule has 0 fully saturated rings. The Kier molecular flexibility index (Phi) is 5.75. The molecule has 1 spiro atoms. The fourth-order valence-electron chi connectivity index (χ4n) is 7.79. The summed E-state index contributed by atoms with van der Waals surface area (Å²) in [5, 5.41) is 2.12. The van der Waals surface area contributed by atoms with E-state index in [1.165, 1.54) is 22.3 Å². The first-order valence-corrected chi connectivity index (χ1v) is 16.2. The first kappa shape index (κ1) is 26.8. The zero-order valence-corrected chi connectivity index (χ0v) is 25.8. The monoisotopic (exact) mass is 613 g/mol. The SMILES string of the molecule is c1ccc(-c2nc(-c3ccccc3)nc(-c3c4c(cc5ccccc35)C3(c5ccccc5O4)c4ccccc4-c4ccccc43)n2)cc1. The number of benzene rings is 7. The van der Waals surface area contributed by atoms with Gasteiger partial charge >= 0.3 is 0 Å². The summed E-state index contributed by atoms with van der Waals surface area (Å²) in [7, 11) is 0. The van der Waals surface area contributed by atoms with Gasteiger partial charge in [0.2, 0.25) is 0 Å². The molecule has 8 aromatic rings. The summed E-state index contributed by atoms with van der Waals surface area (Å²) in [4.78, 5) is 15.4. The van der Waals surface area contributed by atoms with E-state index in [4.69, 9.17) is 19.7 Å². The van der Waals surface area contributed by atoms with Crippen molar-refractivity contribution in [3.8, 4) is 56.8 Å². The quantitative estimate of drug-likeness (QED) is 0.199. The van der Waals surface area contributed by atoms with E-state index in [0.29, 0.717) is 17.5 Å². The number of nitrogens with zero attached hydrogens (tertiary/aromatic N) is 3. The number of hydrogen-bond acceptors (Lipinski definition) is 4. The van der Waals surface area contributed by atoms with Crippen LogP contribution in [0.5, 0.6) is 11.5 Å². The zero-order chi connectivity index (χ0) is 31.7. The minimum atomic E-state index is -0.603. The van der Waals surface area contributed by atoms with E-state index in [2.05, 4.69) is 103 Å². The van der Waals surface area contributed by atoms with Crippen molar-refractivity contribution in [2.45, 2.75) is 5.41 Å². The van der Waals surface area contributed by atoms with Crippen molar-refractivity contribution in [1.82, 2.24) is 15.0 Å². The smallest absolute Gasteiger partial charge is 0.168 e. The molecule has 0 amide bonds. The molecule has 4 heteroatoms. The molecule has 0 unspecified atom stereocenters. The van der Waals surface area contributed by atoms with Gasteiger partial charge in [0.15, 0.2) is 17.5 Å². The van der Waals surface area contributed by atoms with Crippen LogP contribution in [-0.2, 0) is 5.41 Å². The van der Waals surface area contributed by atoms with Crippen molar-refractivity contribution < 1.29 is 4.74 Å². The van der Waals surface area contributed by atoms with Crippen molar-refractivity contribution in [2.75, 3.05) is 0 Å². The number of rotatable bonds is 3. The lowest BCUT2D eigenvalue weighted by atomic mass is 9.65. The lowest BCUT2D eigenvalue weighted by Crippen LogP contribution is -2.32. The molecule has 0 N–H and O–H groups in total. The first-order chi connectivity index (χ1) is 23.8. The Morgan fingerprint density at radius 1 is 0.417 bits per heavy atom. The molecule has 7 aromatic carbocycles. The van der Waals surface area contributed by atoms with E-state index in [-0.39, 0.29) is 0 Å². The molecule has 10 rings (SSSR count). The highest BCUT2D eigenvalue weighted by molar-refractivity contribution is 6.02. The number of aromatic nitrogens is 3. The molecule has 1 aliphatic carbocycles. The summed E-state index contributed by atoms with van der Waals surface area (Å²) in [6.07, 6.45) is 0. The highest BCUT2D eigenvalue weighted by atomic mass is 16.5. The maximum Gasteiger partial charge on any atom is 0.168 e. The molecule has 48 heavy (non-hydrogen) atoms. The third-order valence-corrected chi connectivity index (χ3v) is 9.78. The van der Waals surface area contributed by atoms with Crippen molar-refractivity contribution >= 4 is 10.8 Å². The van der Waals surface area contributed by atoms with Gasteiger partial charge in [-0.15, -0.1) is 0 Å². The third-order valence-electron chi connectivity index (χ3n) is 9.78. The van der Waals surface area contributed by atoms with E-state index in [0.717, 1.165) is 50.1 Å². The Morgan fingerprint density at radius 3 is 1.56 bits per heavy atom. The van der Waals surface area contributed by atoms with E-state index in [9.17, 15) is 0 Å². The molecule has 1 aliphatic heterocycles. The molecule has 2 heterocycles. The average Bonchev–Trinajstić information content (AvgIpc) is 3.45. The summed E-state index contributed by atoms with van der Waals surface area (Å²) >= 11 is 0. The summed E-state index contributed by atoms with van der Waals surface area (Å²) in [6.45, 7) is 0. The molecule has 0 atom stereocenters. The second kappa shape index (κ2) is 10.3. The maximum absolute atomic E-state index is 7.08. The Labute approximate surface area is 278 Å². The van der Waals surface area contributed by atoms with Gasteiger partial charge in [-0.3, -0.25) is 0 Å². The van der Waals surface area contributed by atoms with Crippen LogP contribution in [0.4, 0.5) is 0 Å². The topological polar surface area (TPSA) is 47.9 Å². The molecule has 1 aromatic heterocycles. The van der Waals surface area contributed by atoms with Gasteiger partial charge in [-0.05, 0) is 45.2 Å². The van der Waals surface area contributed by atoms with Gasteiger partial charge in [0.25, 0.3) is 0 Å². The minimum absolute atomic E-state index is 0.574. The molecule has 4 nitrogen and oxygen atoms in total. The predicted molar refractivity (Wildman–Crippen MR) is 191 cm³/mol. The summed E-state index contributed by atoms with van der Waals surface area (Å²) in [6, 6.07) is 57.1. The predicted octanol–water partition coefficient (Wildman–Crippen LogP) is 10.5. The van der Waals surface area contributed by atoms with Crippen molar-refractivity contribution in [1.29, 1.82) is 0 Å². The normalized spacial score (nSPS) is 13.3. The van der Waals surface area contributed by atoms with Gasteiger partial charge in [0.1, 0.15) is 11.5 Å². The standard InChI is InChI=1S/C44H27N3O/c1-3-15-28(16-4-1)41-45-42(29-17-5-2-6-18-29)47-43(46-41)39-31-20-8-7-19-30(31)27-37-40(39)48-38-26-14-13-25-36(38)44(37)34-23-11-9-21-32(34)33-22-10-12-24-35(33)44/h1-27H. The maximum atomic E-state index is 7.08. The van der Waals surface area contributed by atoms with Crippen molar-refractivity contribution in [2.24, 2.45) is 0 Å². The molecule has 2 aliphatic rings. The van der Waals surface area contributed by atoms with Crippen LogP contribution in [-0.4, -0.2) is 15.0 Å². The van der Waals surface area contributed by atoms with Gasteiger partial charge in [-0.2, -0.15) is 0 Å². The molecular formula is C44H27N3O. The Morgan fingerprint density at radius 2 is 0.917 bits per heavy atom. The zero-order valence-electron chi connectivity index (χ0n) is 25.8. The van der Waals surface area contributed by atoms with Crippen LogP contribution in [0.25, 0.3) is 56.1 Å². The van der Waals surface area contributed by atoms with E-state index in [1.807, 2.05) is 60.7 Å². The van der Waals surface area contributed by atoms with Crippen molar-refractivity contribution in [3.05, 3.63) is 186 Å². The Bertz CT molecular complexity index is 2440. The van der Waals surface area contributed by atoms with Gasteiger partial charge in [-0.25, -0.2) is 15.0 Å². The van der Waals surface area contributed by atoms with Crippen LogP contribution in [0.1, 0.15) is 22.3 Å². The van der Waals surface area contributed by atoms with E-state index >= 15 is 0 Å². The summed E-state index contributed by atoms with van der Waals surface area (Å²) in [5.74, 6) is 3.40. The van der Waals surface area contributed by atoms with E-state index in [1.54, 1.807) is 0 Å². The number of hydrogen-bond donors (Lipinski definition) is 0. The fourth-order valence-corrected chi connectivity index (χ4v) is 7.79. The molecule has 0 radical (unpaired) electrons. The Balaban J connectivity index is 1.36. The summed E-state index contributed by atoms with van der Waals surface area (Å²) < 4.78 is 7.08. The van der Waals surface area contributed by atoms with Gasteiger partial charge in [0, 0.05) is 22.3 Å². The van der Waals surface area contributed by atoms with Gasteiger partial charge in [0.05, 0.1) is 11.0 Å². The number of fused-ring (bicyclic) bond motifs is 10. The fraction of sp³-hybridized carbons (Fsp3) is 0.0227. The molecule has 224 valence electrons. The molecule has 0 saturated heterocycles.